The van der Waals surface area contributed by atoms with Gasteiger partial charge >= 0.3 is 5.97 Å². The Kier molecular flexibility index (Phi) is 14.1. The van der Waals surface area contributed by atoms with Gasteiger partial charge in [0, 0.05) is 19.4 Å². The number of aliphatic imine (C=N–C) groups is 1. The number of rotatable bonds is 18. The maximum absolute atomic E-state index is 13.5. The number of carbonyl (C=O) groups excluding carboxylic acids is 4. The van der Waals surface area contributed by atoms with Crippen LogP contribution in [-0.4, -0.2) is 76.5 Å². The molecule has 0 bridgehead atoms. The number of phenolic OH excluding ortho intramolecular Hbond substituents is 1. The predicted molar refractivity (Wildman–Crippen MR) is 162 cm³/mol. The molecule has 238 valence electrons. The molecule has 0 saturated carbocycles. The zero-order valence-corrected chi connectivity index (χ0v) is 24.1. The summed E-state index contributed by atoms with van der Waals surface area (Å²) in [6, 6.07) is 10.0. The number of benzene rings is 2. The van der Waals surface area contributed by atoms with Gasteiger partial charge < -0.3 is 49.1 Å². The Bertz CT molecular complexity index is 1300. The molecule has 0 fully saturated rings. The van der Waals surface area contributed by atoms with E-state index >= 15 is 0 Å². The van der Waals surface area contributed by atoms with Crippen LogP contribution in [0.25, 0.3) is 0 Å². The molecule has 4 unspecified atom stereocenters. The fourth-order valence-electron chi connectivity index (χ4n) is 4.18. The second-order valence-corrected chi connectivity index (χ2v) is 10.1. The van der Waals surface area contributed by atoms with E-state index in [0.29, 0.717) is 5.56 Å². The Morgan fingerprint density at radius 3 is 1.89 bits per heavy atom. The van der Waals surface area contributed by atoms with Crippen LogP contribution in [0.1, 0.15) is 36.8 Å². The van der Waals surface area contributed by atoms with E-state index in [4.69, 9.17) is 22.9 Å². The fourth-order valence-corrected chi connectivity index (χ4v) is 4.18. The number of nitrogens with two attached hydrogens (primary N) is 4. The number of carboxylic acids is 1. The number of hydrogen-bond donors (Lipinski definition) is 9. The molecule has 13 N–H and O–H groups in total. The van der Waals surface area contributed by atoms with E-state index in [9.17, 15) is 34.2 Å². The molecule has 0 aliphatic rings. The average molecular weight is 613 g/mol. The lowest BCUT2D eigenvalue weighted by atomic mass is 10.0. The van der Waals surface area contributed by atoms with Gasteiger partial charge in [0.05, 0.1) is 6.04 Å². The quantitative estimate of drug-likeness (QED) is 0.0526. The van der Waals surface area contributed by atoms with Gasteiger partial charge in [-0.3, -0.25) is 24.2 Å². The van der Waals surface area contributed by atoms with Crippen molar-refractivity contribution in [1.82, 2.24) is 16.0 Å². The number of carboxylic acid groups (broad SMARTS) is 1. The van der Waals surface area contributed by atoms with E-state index < -0.39 is 53.8 Å². The Labute approximate surface area is 254 Å². The number of amides is 4. The number of phenols is 1. The molecule has 4 atom stereocenters. The number of aliphatic carboxylic acids is 1. The first kappa shape index (κ1) is 35.0. The zero-order chi connectivity index (χ0) is 32.6. The molecule has 2 aromatic carbocycles. The molecule has 0 aromatic heterocycles. The van der Waals surface area contributed by atoms with Crippen LogP contribution in [0, 0.1) is 0 Å². The molecule has 44 heavy (non-hydrogen) atoms. The summed E-state index contributed by atoms with van der Waals surface area (Å²) in [6.07, 6.45) is -0.158. The number of hydrogen-bond acceptors (Lipinski definition) is 8. The summed E-state index contributed by atoms with van der Waals surface area (Å²) in [5, 5.41) is 26.7. The molecule has 2 rings (SSSR count). The highest BCUT2D eigenvalue weighted by Crippen LogP contribution is 2.13. The Morgan fingerprint density at radius 2 is 1.30 bits per heavy atom. The van der Waals surface area contributed by atoms with E-state index in [0.717, 1.165) is 5.56 Å². The highest BCUT2D eigenvalue weighted by atomic mass is 16.4. The van der Waals surface area contributed by atoms with Crippen molar-refractivity contribution < 1.29 is 34.2 Å². The smallest absolute Gasteiger partial charge is 0.326 e. The Hall–Kier alpha value is -5.18. The van der Waals surface area contributed by atoms with E-state index in [1.165, 1.54) is 12.1 Å². The summed E-state index contributed by atoms with van der Waals surface area (Å²) < 4.78 is 0. The van der Waals surface area contributed by atoms with Crippen LogP contribution in [-0.2, 0) is 36.8 Å². The SMILES string of the molecule is NC(=O)CCC(NC(=O)C(Cc1ccc(O)cc1)NC(=O)C(N)Cc1ccccc1)C(=O)NC(CCCN=C(N)N)C(=O)O. The molecule has 15 heteroatoms. The van der Waals surface area contributed by atoms with Gasteiger partial charge in [-0.2, -0.15) is 0 Å². The van der Waals surface area contributed by atoms with Crippen LogP contribution in [0.5, 0.6) is 5.75 Å². The van der Waals surface area contributed by atoms with Crippen LogP contribution in [0.4, 0.5) is 0 Å². The van der Waals surface area contributed by atoms with E-state index in [1.54, 1.807) is 36.4 Å². The van der Waals surface area contributed by atoms with Gasteiger partial charge in [-0.15, -0.1) is 0 Å². The number of carbonyl (C=O) groups is 5. The predicted octanol–water partition coefficient (Wildman–Crippen LogP) is -1.64. The van der Waals surface area contributed by atoms with Gasteiger partial charge in [0.25, 0.3) is 0 Å². The van der Waals surface area contributed by atoms with Crippen molar-refractivity contribution in [2.24, 2.45) is 27.9 Å². The third kappa shape index (κ3) is 12.8. The summed E-state index contributed by atoms with van der Waals surface area (Å²) in [5.74, 6) is -4.52. The molecule has 0 aliphatic carbocycles. The number of guanidine groups is 1. The molecule has 4 amide bonds. The fraction of sp³-hybridized carbons (Fsp3) is 0.379. The molecular formula is C29H40N8O7. The van der Waals surface area contributed by atoms with Crippen molar-refractivity contribution in [2.45, 2.75) is 62.7 Å². The van der Waals surface area contributed by atoms with Gasteiger partial charge in [-0.05, 0) is 48.9 Å². The molecule has 15 nitrogen and oxygen atoms in total. The lowest BCUT2D eigenvalue weighted by Crippen LogP contribution is -2.57. The largest absolute Gasteiger partial charge is 0.508 e. The third-order valence-electron chi connectivity index (χ3n) is 6.52. The van der Waals surface area contributed by atoms with Crippen molar-refractivity contribution >= 4 is 35.6 Å². The number of nitrogens with one attached hydrogen (secondary N) is 3. The summed E-state index contributed by atoms with van der Waals surface area (Å²) in [7, 11) is 0. The first-order chi connectivity index (χ1) is 20.8. The molecule has 0 radical (unpaired) electrons. The molecule has 0 spiro atoms. The zero-order valence-electron chi connectivity index (χ0n) is 24.1. The Balaban J connectivity index is 2.22. The minimum atomic E-state index is -1.37. The lowest BCUT2D eigenvalue weighted by Gasteiger charge is -2.25. The van der Waals surface area contributed by atoms with Gasteiger partial charge in [0.15, 0.2) is 5.96 Å². The van der Waals surface area contributed by atoms with Gasteiger partial charge in [-0.25, -0.2) is 4.79 Å². The average Bonchev–Trinajstić information content (AvgIpc) is 2.97. The van der Waals surface area contributed by atoms with Gasteiger partial charge in [0.1, 0.15) is 23.9 Å². The summed E-state index contributed by atoms with van der Waals surface area (Å²) in [6.45, 7) is 0.134. The number of primary amides is 1. The molecule has 0 saturated heterocycles. The van der Waals surface area contributed by atoms with E-state index in [1.807, 2.05) is 6.07 Å². The topological polar surface area (TPSA) is 278 Å². The van der Waals surface area contributed by atoms with Crippen LogP contribution >= 0.6 is 0 Å². The molecule has 0 heterocycles. The normalized spacial score (nSPS) is 13.4. The summed E-state index contributed by atoms with van der Waals surface area (Å²) in [5.41, 5.74) is 23.3. The lowest BCUT2D eigenvalue weighted by molar-refractivity contribution is -0.142. The van der Waals surface area contributed by atoms with Crippen LogP contribution in [0.2, 0.25) is 0 Å². The number of nitrogens with zero attached hydrogens (tertiary/aromatic N) is 1. The first-order valence-electron chi connectivity index (χ1n) is 13.9. The monoisotopic (exact) mass is 612 g/mol. The van der Waals surface area contributed by atoms with Crippen molar-refractivity contribution in [1.29, 1.82) is 0 Å². The highest BCUT2D eigenvalue weighted by molar-refractivity contribution is 5.94. The standard InChI is InChI=1S/C29H40N8O7/c30-20(15-17-5-2-1-3-6-17)25(40)37-23(16-18-8-10-19(38)11-9-18)27(42)35-21(12-13-24(31)39)26(41)36-22(28(43)44)7-4-14-34-29(32)33/h1-3,5-6,8-11,20-23,38H,4,7,12-16,30H2,(H2,31,39)(H,35,42)(H,36,41)(H,37,40)(H,43,44)(H4,32,33,34). The minimum absolute atomic E-state index is 0.00172. The van der Waals surface area contributed by atoms with Crippen molar-refractivity contribution in [3.8, 4) is 5.75 Å². The molecule has 2 aromatic rings. The third-order valence-corrected chi connectivity index (χ3v) is 6.52. The van der Waals surface area contributed by atoms with Crippen LogP contribution < -0.4 is 38.9 Å². The Morgan fingerprint density at radius 1 is 0.727 bits per heavy atom. The summed E-state index contributed by atoms with van der Waals surface area (Å²) >= 11 is 0. The number of aromatic hydroxyl groups is 1. The molecular weight excluding hydrogens is 572 g/mol. The second-order valence-electron chi connectivity index (χ2n) is 10.1. The minimum Gasteiger partial charge on any atom is -0.508 e. The highest BCUT2D eigenvalue weighted by Gasteiger charge is 2.30. The second kappa shape index (κ2) is 17.7. The summed E-state index contributed by atoms with van der Waals surface area (Å²) in [4.78, 5) is 66.8. The van der Waals surface area contributed by atoms with Gasteiger partial charge in [0.2, 0.25) is 23.6 Å². The first-order valence-corrected chi connectivity index (χ1v) is 13.9. The van der Waals surface area contributed by atoms with Crippen LogP contribution in [0.15, 0.2) is 59.6 Å². The van der Waals surface area contributed by atoms with Crippen LogP contribution in [0.3, 0.4) is 0 Å². The van der Waals surface area contributed by atoms with Crippen molar-refractivity contribution in [3.63, 3.8) is 0 Å². The van der Waals surface area contributed by atoms with Gasteiger partial charge in [-0.1, -0.05) is 42.5 Å². The van der Waals surface area contributed by atoms with E-state index in [-0.39, 0.29) is 56.8 Å². The maximum Gasteiger partial charge on any atom is 0.326 e. The van der Waals surface area contributed by atoms with E-state index in [2.05, 4.69) is 20.9 Å². The molecule has 0 aliphatic heterocycles. The van der Waals surface area contributed by atoms with Crippen molar-refractivity contribution in [2.75, 3.05) is 6.54 Å². The maximum atomic E-state index is 13.5. The van der Waals surface area contributed by atoms with Crippen molar-refractivity contribution in [3.05, 3.63) is 65.7 Å².